The van der Waals surface area contributed by atoms with E-state index in [0.717, 1.165) is 5.69 Å². The highest BCUT2D eigenvalue weighted by Gasteiger charge is 2.43. The first kappa shape index (κ1) is 10.2. The standard InChI is InChI=1S/C12H14NO2/c1-2-12(15)8-9-13(11(12)14)10-6-4-3-5-7-10/h3-7,15H,1-2,8-9H2/t12-/m1/s1. The van der Waals surface area contributed by atoms with Crippen molar-refractivity contribution in [2.45, 2.75) is 18.4 Å². The van der Waals surface area contributed by atoms with Crippen molar-refractivity contribution in [1.29, 1.82) is 0 Å². The van der Waals surface area contributed by atoms with Crippen LogP contribution in [0.15, 0.2) is 30.3 Å². The molecule has 0 saturated carbocycles. The van der Waals surface area contributed by atoms with Crippen LogP contribution in [-0.4, -0.2) is 23.2 Å². The summed E-state index contributed by atoms with van der Waals surface area (Å²) in [5.74, 6) is -0.233. The van der Waals surface area contributed by atoms with Crippen LogP contribution in [0.4, 0.5) is 5.69 Å². The molecule has 1 fully saturated rings. The number of carbonyl (C=O) groups is 1. The number of anilines is 1. The minimum Gasteiger partial charge on any atom is -0.380 e. The van der Waals surface area contributed by atoms with Gasteiger partial charge in [0.1, 0.15) is 5.60 Å². The van der Waals surface area contributed by atoms with Gasteiger partial charge < -0.3 is 10.0 Å². The zero-order valence-corrected chi connectivity index (χ0v) is 8.52. The van der Waals surface area contributed by atoms with Crippen LogP contribution in [0.1, 0.15) is 12.8 Å². The van der Waals surface area contributed by atoms with Crippen molar-refractivity contribution in [3.05, 3.63) is 37.3 Å². The topological polar surface area (TPSA) is 40.5 Å². The first-order chi connectivity index (χ1) is 7.17. The van der Waals surface area contributed by atoms with Crippen molar-refractivity contribution in [2.24, 2.45) is 0 Å². The summed E-state index contributed by atoms with van der Waals surface area (Å²) in [5, 5.41) is 9.95. The number of aliphatic hydroxyl groups is 1. The van der Waals surface area contributed by atoms with Crippen molar-refractivity contribution < 1.29 is 9.90 Å². The predicted octanol–water partition coefficient (Wildman–Crippen LogP) is 1.38. The highest BCUT2D eigenvalue weighted by molar-refractivity contribution is 6.01. The van der Waals surface area contributed by atoms with Gasteiger partial charge in [0.2, 0.25) is 0 Å². The first-order valence-electron chi connectivity index (χ1n) is 5.06. The molecule has 79 valence electrons. The lowest BCUT2D eigenvalue weighted by Crippen LogP contribution is -2.39. The van der Waals surface area contributed by atoms with Gasteiger partial charge in [0.05, 0.1) is 0 Å². The van der Waals surface area contributed by atoms with Crippen molar-refractivity contribution in [2.75, 3.05) is 11.4 Å². The Labute approximate surface area is 89.3 Å². The Balaban J connectivity index is 2.25. The molecule has 1 N–H and O–H groups in total. The maximum atomic E-state index is 11.9. The first-order valence-corrected chi connectivity index (χ1v) is 5.06. The van der Waals surface area contributed by atoms with Gasteiger partial charge in [0.25, 0.3) is 5.91 Å². The van der Waals surface area contributed by atoms with E-state index in [1.807, 2.05) is 30.3 Å². The minimum atomic E-state index is -1.25. The van der Waals surface area contributed by atoms with Crippen molar-refractivity contribution in [3.8, 4) is 0 Å². The second kappa shape index (κ2) is 3.66. The van der Waals surface area contributed by atoms with Crippen LogP contribution >= 0.6 is 0 Å². The van der Waals surface area contributed by atoms with Gasteiger partial charge in [-0.05, 0) is 25.5 Å². The summed E-state index contributed by atoms with van der Waals surface area (Å²) in [6.07, 6.45) is 0.694. The Morgan fingerprint density at radius 1 is 1.40 bits per heavy atom. The number of para-hydroxylation sites is 1. The Morgan fingerprint density at radius 3 is 2.60 bits per heavy atom. The van der Waals surface area contributed by atoms with Gasteiger partial charge in [0.15, 0.2) is 0 Å². The molecule has 15 heavy (non-hydrogen) atoms. The predicted molar refractivity (Wildman–Crippen MR) is 58.3 cm³/mol. The lowest BCUT2D eigenvalue weighted by molar-refractivity contribution is -0.132. The largest absolute Gasteiger partial charge is 0.380 e. The Morgan fingerprint density at radius 2 is 2.07 bits per heavy atom. The molecule has 1 atom stereocenters. The number of hydrogen-bond acceptors (Lipinski definition) is 2. The third-order valence-electron chi connectivity index (χ3n) is 2.87. The van der Waals surface area contributed by atoms with Crippen LogP contribution in [-0.2, 0) is 4.79 Å². The van der Waals surface area contributed by atoms with Crippen LogP contribution in [0.2, 0.25) is 0 Å². The number of amides is 1. The summed E-state index contributed by atoms with van der Waals surface area (Å²) < 4.78 is 0. The SMILES string of the molecule is [CH2]C[C@@]1(O)CCN(c2ccccc2)C1=O. The van der Waals surface area contributed by atoms with E-state index in [2.05, 4.69) is 6.92 Å². The maximum Gasteiger partial charge on any atom is 0.259 e. The van der Waals surface area contributed by atoms with Crippen LogP contribution < -0.4 is 4.90 Å². The average molecular weight is 204 g/mol. The fourth-order valence-electron chi connectivity index (χ4n) is 1.84. The van der Waals surface area contributed by atoms with E-state index < -0.39 is 5.60 Å². The molecule has 1 aromatic rings. The van der Waals surface area contributed by atoms with Crippen molar-refractivity contribution in [3.63, 3.8) is 0 Å². The van der Waals surface area contributed by atoms with Gasteiger partial charge in [-0.3, -0.25) is 4.79 Å². The quantitative estimate of drug-likeness (QED) is 0.790. The Kier molecular flexibility index (Phi) is 2.49. The number of benzene rings is 1. The number of nitrogens with zero attached hydrogens (tertiary/aromatic N) is 1. The lowest BCUT2D eigenvalue weighted by Gasteiger charge is -2.20. The second-order valence-electron chi connectivity index (χ2n) is 3.82. The van der Waals surface area contributed by atoms with E-state index >= 15 is 0 Å². The van der Waals surface area contributed by atoms with Crippen LogP contribution in [0.25, 0.3) is 0 Å². The molecule has 1 heterocycles. The lowest BCUT2D eigenvalue weighted by atomic mass is 10.00. The summed E-state index contributed by atoms with van der Waals surface area (Å²) in [6, 6.07) is 9.39. The molecule has 3 heteroatoms. The molecular weight excluding hydrogens is 190 g/mol. The molecule has 1 aliphatic heterocycles. The summed E-state index contributed by atoms with van der Waals surface area (Å²) in [4.78, 5) is 13.5. The molecular formula is C12H14NO2. The zero-order chi connectivity index (χ0) is 10.9. The Bertz CT molecular complexity index is 363. The van der Waals surface area contributed by atoms with Crippen molar-refractivity contribution in [1.82, 2.24) is 0 Å². The molecule has 0 spiro atoms. The van der Waals surface area contributed by atoms with Gasteiger partial charge >= 0.3 is 0 Å². The molecule has 0 bridgehead atoms. The maximum absolute atomic E-state index is 11.9. The molecule has 1 aliphatic rings. The molecule has 0 aromatic heterocycles. The van der Waals surface area contributed by atoms with Gasteiger partial charge in [-0.15, -0.1) is 0 Å². The highest BCUT2D eigenvalue weighted by atomic mass is 16.3. The molecule has 1 aromatic carbocycles. The van der Waals surface area contributed by atoms with E-state index in [9.17, 15) is 9.90 Å². The van der Waals surface area contributed by atoms with Crippen LogP contribution in [0.3, 0.4) is 0 Å². The van der Waals surface area contributed by atoms with E-state index in [4.69, 9.17) is 0 Å². The van der Waals surface area contributed by atoms with Crippen LogP contribution in [0, 0.1) is 6.92 Å². The monoisotopic (exact) mass is 204 g/mol. The third-order valence-corrected chi connectivity index (χ3v) is 2.87. The van der Waals surface area contributed by atoms with E-state index in [-0.39, 0.29) is 12.3 Å². The molecule has 0 unspecified atom stereocenters. The molecule has 2 rings (SSSR count). The van der Waals surface area contributed by atoms with Gasteiger partial charge in [-0.2, -0.15) is 0 Å². The summed E-state index contributed by atoms with van der Waals surface area (Å²) in [7, 11) is 0. The number of carbonyl (C=O) groups excluding carboxylic acids is 1. The van der Waals surface area contributed by atoms with Gasteiger partial charge in [-0.1, -0.05) is 18.2 Å². The molecule has 0 aliphatic carbocycles. The normalized spacial score (nSPS) is 26.0. The van der Waals surface area contributed by atoms with Crippen molar-refractivity contribution >= 4 is 11.6 Å². The van der Waals surface area contributed by atoms with E-state index in [1.165, 1.54) is 0 Å². The summed E-state index contributed by atoms with van der Waals surface area (Å²) >= 11 is 0. The third kappa shape index (κ3) is 1.63. The second-order valence-corrected chi connectivity index (χ2v) is 3.82. The Hall–Kier alpha value is -1.35. The summed E-state index contributed by atoms with van der Waals surface area (Å²) in [6.45, 7) is 4.18. The van der Waals surface area contributed by atoms with E-state index in [1.54, 1.807) is 4.90 Å². The zero-order valence-electron chi connectivity index (χ0n) is 8.52. The van der Waals surface area contributed by atoms with E-state index in [0.29, 0.717) is 13.0 Å². The van der Waals surface area contributed by atoms with Gasteiger partial charge in [0, 0.05) is 18.7 Å². The summed E-state index contributed by atoms with van der Waals surface area (Å²) in [5.41, 5.74) is -0.414. The molecule has 1 amide bonds. The average Bonchev–Trinajstić information content (AvgIpc) is 2.58. The highest BCUT2D eigenvalue weighted by Crippen LogP contribution is 2.29. The van der Waals surface area contributed by atoms with Gasteiger partial charge in [-0.25, -0.2) is 0 Å². The van der Waals surface area contributed by atoms with Crippen LogP contribution in [0.5, 0.6) is 0 Å². The fraction of sp³-hybridized carbons (Fsp3) is 0.333. The minimum absolute atomic E-state index is 0.231. The molecule has 1 saturated heterocycles. The fourth-order valence-corrected chi connectivity index (χ4v) is 1.84. The number of rotatable bonds is 2. The molecule has 3 nitrogen and oxygen atoms in total. The smallest absolute Gasteiger partial charge is 0.259 e. The number of hydrogen-bond donors (Lipinski definition) is 1. The molecule has 1 radical (unpaired) electrons.